The van der Waals surface area contributed by atoms with Gasteiger partial charge in [-0.25, -0.2) is 4.98 Å². The van der Waals surface area contributed by atoms with Crippen molar-refractivity contribution in [3.63, 3.8) is 0 Å². The number of likely N-dealkylation sites (N-methyl/N-ethyl adjacent to an activating group) is 1. The summed E-state index contributed by atoms with van der Waals surface area (Å²) in [5, 5.41) is 6.28. The molecule has 1 fully saturated rings. The summed E-state index contributed by atoms with van der Waals surface area (Å²) in [6.07, 6.45) is 3.73. The Bertz CT molecular complexity index is 435. The molecule has 0 aliphatic carbocycles. The van der Waals surface area contributed by atoms with Crippen molar-refractivity contribution in [2.75, 3.05) is 32.0 Å². The lowest BCUT2D eigenvalue weighted by atomic mass is 10.2. The summed E-state index contributed by atoms with van der Waals surface area (Å²) in [4.78, 5) is 18.8. The van der Waals surface area contributed by atoms with E-state index in [2.05, 4.69) is 34.5 Å². The molecule has 1 aliphatic heterocycles. The van der Waals surface area contributed by atoms with Crippen LogP contribution >= 0.6 is 0 Å². The summed E-state index contributed by atoms with van der Waals surface area (Å²) in [5.41, 5.74) is 0.630. The Balaban J connectivity index is 2.01. The molecule has 1 aromatic heterocycles. The highest BCUT2D eigenvalue weighted by Gasteiger charge is 2.22. The number of hydrogen-bond acceptors (Lipinski definition) is 4. The van der Waals surface area contributed by atoms with Crippen LogP contribution in [0.25, 0.3) is 0 Å². The third-order valence-electron chi connectivity index (χ3n) is 3.32. The molecule has 2 N–H and O–H groups in total. The zero-order valence-electron chi connectivity index (χ0n) is 11.6. The van der Waals surface area contributed by atoms with Crippen molar-refractivity contribution in [2.24, 2.45) is 0 Å². The highest BCUT2D eigenvalue weighted by Crippen LogP contribution is 2.13. The molecule has 0 bridgehead atoms. The maximum atomic E-state index is 12.3. The first-order chi connectivity index (χ1) is 9.20. The van der Waals surface area contributed by atoms with Gasteiger partial charge in [-0.15, -0.1) is 0 Å². The minimum absolute atomic E-state index is 0.0352. The molecule has 19 heavy (non-hydrogen) atoms. The van der Waals surface area contributed by atoms with Crippen LogP contribution in [0.3, 0.4) is 0 Å². The second-order valence-electron chi connectivity index (χ2n) is 5.05. The Labute approximate surface area is 114 Å². The summed E-state index contributed by atoms with van der Waals surface area (Å²) in [7, 11) is 2.07. The Hall–Kier alpha value is -1.62. The Kier molecular flexibility index (Phi) is 4.74. The Morgan fingerprint density at radius 3 is 3.11 bits per heavy atom. The molecule has 1 amide bonds. The van der Waals surface area contributed by atoms with E-state index in [1.807, 2.05) is 6.07 Å². The number of anilines is 1. The first kappa shape index (κ1) is 13.8. The van der Waals surface area contributed by atoms with Crippen molar-refractivity contribution >= 4 is 11.7 Å². The second-order valence-corrected chi connectivity index (χ2v) is 5.05. The summed E-state index contributed by atoms with van der Waals surface area (Å²) in [5.74, 6) is 0.639. The van der Waals surface area contributed by atoms with E-state index >= 15 is 0 Å². The molecule has 0 spiro atoms. The van der Waals surface area contributed by atoms with Gasteiger partial charge in [0.2, 0.25) is 0 Å². The summed E-state index contributed by atoms with van der Waals surface area (Å²) >= 11 is 0. The van der Waals surface area contributed by atoms with Gasteiger partial charge in [0, 0.05) is 25.3 Å². The largest absolute Gasteiger partial charge is 0.369 e. The summed E-state index contributed by atoms with van der Waals surface area (Å²) in [6.45, 7) is 4.87. The van der Waals surface area contributed by atoms with E-state index in [0.717, 1.165) is 32.5 Å². The normalized spacial score (nSPS) is 19.4. The molecule has 5 nitrogen and oxygen atoms in total. The van der Waals surface area contributed by atoms with Gasteiger partial charge < -0.3 is 15.5 Å². The zero-order valence-corrected chi connectivity index (χ0v) is 11.6. The molecule has 2 heterocycles. The number of aromatic nitrogens is 1. The van der Waals surface area contributed by atoms with Gasteiger partial charge in [-0.2, -0.15) is 0 Å². The number of hydrogen-bond donors (Lipinski definition) is 2. The molecule has 1 atom stereocenters. The molecular weight excluding hydrogens is 240 g/mol. The monoisotopic (exact) mass is 262 g/mol. The first-order valence-electron chi connectivity index (χ1n) is 6.89. The van der Waals surface area contributed by atoms with Crippen molar-refractivity contribution in [3.05, 3.63) is 23.9 Å². The zero-order chi connectivity index (χ0) is 13.7. The van der Waals surface area contributed by atoms with E-state index in [9.17, 15) is 4.79 Å². The van der Waals surface area contributed by atoms with Gasteiger partial charge in [-0.1, -0.05) is 6.92 Å². The van der Waals surface area contributed by atoms with Crippen molar-refractivity contribution < 1.29 is 4.79 Å². The number of nitrogens with zero attached hydrogens (tertiary/aromatic N) is 2. The van der Waals surface area contributed by atoms with Crippen LogP contribution in [0.4, 0.5) is 5.82 Å². The molecule has 1 aliphatic rings. The molecule has 2 rings (SSSR count). The van der Waals surface area contributed by atoms with E-state index in [4.69, 9.17) is 0 Å². The van der Waals surface area contributed by atoms with E-state index < -0.39 is 0 Å². The third kappa shape index (κ3) is 3.67. The maximum Gasteiger partial charge on any atom is 0.255 e. The van der Waals surface area contributed by atoms with Crippen LogP contribution in [0.2, 0.25) is 0 Å². The van der Waals surface area contributed by atoms with Gasteiger partial charge >= 0.3 is 0 Å². The van der Waals surface area contributed by atoms with Gasteiger partial charge in [0.05, 0.1) is 5.56 Å². The fourth-order valence-electron chi connectivity index (χ4n) is 2.29. The summed E-state index contributed by atoms with van der Waals surface area (Å²) in [6, 6.07) is 3.86. The van der Waals surface area contributed by atoms with Gasteiger partial charge in [0.25, 0.3) is 5.91 Å². The average molecular weight is 262 g/mol. The van der Waals surface area contributed by atoms with Crippen LogP contribution in [0.1, 0.15) is 30.1 Å². The van der Waals surface area contributed by atoms with Gasteiger partial charge in [0.1, 0.15) is 5.82 Å². The number of rotatable bonds is 5. The predicted octanol–water partition coefficient (Wildman–Crippen LogP) is 1.34. The minimum Gasteiger partial charge on any atom is -0.369 e. The molecule has 0 saturated carbocycles. The lowest BCUT2D eigenvalue weighted by Crippen LogP contribution is -2.36. The van der Waals surface area contributed by atoms with E-state index in [0.29, 0.717) is 11.4 Å². The van der Waals surface area contributed by atoms with E-state index in [-0.39, 0.29) is 11.9 Å². The first-order valence-corrected chi connectivity index (χ1v) is 6.89. The third-order valence-corrected chi connectivity index (χ3v) is 3.32. The van der Waals surface area contributed by atoms with Crippen LogP contribution in [0.15, 0.2) is 18.3 Å². The number of nitrogens with one attached hydrogen (secondary N) is 2. The van der Waals surface area contributed by atoms with Crippen LogP contribution in [0.5, 0.6) is 0 Å². The average Bonchev–Trinajstić information content (AvgIpc) is 2.82. The minimum atomic E-state index is -0.0352. The van der Waals surface area contributed by atoms with Crippen molar-refractivity contribution in [1.82, 2.24) is 15.2 Å². The molecule has 1 saturated heterocycles. The highest BCUT2D eigenvalue weighted by atomic mass is 16.1. The van der Waals surface area contributed by atoms with Crippen LogP contribution in [-0.4, -0.2) is 48.5 Å². The maximum absolute atomic E-state index is 12.3. The number of likely N-dealkylation sites (tertiary alicyclic amines) is 1. The molecule has 0 aromatic carbocycles. The lowest BCUT2D eigenvalue weighted by molar-refractivity contribution is 0.0939. The SMILES string of the molecule is CCCNc1ncccc1C(=O)NC1CCN(C)C1. The number of amides is 1. The fraction of sp³-hybridized carbons (Fsp3) is 0.571. The number of carbonyl (C=O) groups excluding carboxylic acids is 1. The van der Waals surface area contributed by atoms with Crippen LogP contribution < -0.4 is 10.6 Å². The van der Waals surface area contributed by atoms with Crippen molar-refractivity contribution in [3.8, 4) is 0 Å². The van der Waals surface area contributed by atoms with Gasteiger partial charge in [-0.3, -0.25) is 4.79 Å². The van der Waals surface area contributed by atoms with E-state index in [1.54, 1.807) is 12.3 Å². The molecule has 1 aromatic rings. The second kappa shape index (κ2) is 6.52. The van der Waals surface area contributed by atoms with Gasteiger partial charge in [0.15, 0.2) is 0 Å². The molecular formula is C14H22N4O. The lowest BCUT2D eigenvalue weighted by Gasteiger charge is -2.15. The number of carbonyl (C=O) groups is 1. The quantitative estimate of drug-likeness (QED) is 0.840. The molecule has 5 heteroatoms. The summed E-state index contributed by atoms with van der Waals surface area (Å²) < 4.78 is 0. The topological polar surface area (TPSA) is 57.3 Å². The molecule has 1 unspecified atom stereocenters. The fourth-order valence-corrected chi connectivity index (χ4v) is 2.29. The van der Waals surface area contributed by atoms with E-state index in [1.165, 1.54) is 0 Å². The Morgan fingerprint density at radius 1 is 1.58 bits per heavy atom. The standard InChI is InChI=1S/C14H22N4O/c1-3-7-15-13-12(5-4-8-16-13)14(19)17-11-6-9-18(2)10-11/h4-5,8,11H,3,6-7,9-10H2,1-2H3,(H,15,16)(H,17,19). The predicted molar refractivity (Wildman–Crippen MR) is 76.4 cm³/mol. The number of pyridine rings is 1. The van der Waals surface area contributed by atoms with Crippen LogP contribution in [0, 0.1) is 0 Å². The van der Waals surface area contributed by atoms with Crippen molar-refractivity contribution in [1.29, 1.82) is 0 Å². The van der Waals surface area contributed by atoms with Crippen LogP contribution in [-0.2, 0) is 0 Å². The highest BCUT2D eigenvalue weighted by molar-refractivity contribution is 5.98. The Morgan fingerprint density at radius 2 is 2.42 bits per heavy atom. The smallest absolute Gasteiger partial charge is 0.255 e. The van der Waals surface area contributed by atoms with Gasteiger partial charge in [-0.05, 0) is 38.6 Å². The molecule has 104 valence electrons. The molecule has 0 radical (unpaired) electrons. The van der Waals surface area contributed by atoms with Crippen molar-refractivity contribution in [2.45, 2.75) is 25.8 Å².